The fourth-order valence-corrected chi connectivity index (χ4v) is 5.27. The summed E-state index contributed by atoms with van der Waals surface area (Å²) in [6.45, 7) is 5.78. The smallest absolute Gasteiger partial charge is 0.358 e. The fraction of sp³-hybridized carbons (Fsp3) is 0.261. The number of carbonyl (C=O) groups excluding carboxylic acids is 2. The van der Waals surface area contributed by atoms with Gasteiger partial charge < -0.3 is 10.1 Å². The molecule has 0 atom stereocenters. The summed E-state index contributed by atoms with van der Waals surface area (Å²) in [6, 6.07) is 13.6. The van der Waals surface area contributed by atoms with Crippen LogP contribution in [-0.4, -0.2) is 49.3 Å². The minimum atomic E-state index is -3.57. The van der Waals surface area contributed by atoms with Gasteiger partial charge in [0.15, 0.2) is 12.3 Å². The molecule has 0 spiro atoms. The lowest BCUT2D eigenvalue weighted by Crippen LogP contribution is -2.30. The zero-order chi connectivity index (χ0) is 24.0. The molecule has 1 N–H and O–H groups in total. The molecule has 0 bridgehead atoms. The Hall–Kier alpha value is -3.08. The quantitative estimate of drug-likeness (QED) is 0.458. The molecule has 0 aliphatic carbocycles. The van der Waals surface area contributed by atoms with E-state index in [1.807, 2.05) is 31.2 Å². The number of anilines is 1. The highest BCUT2D eigenvalue weighted by atomic mass is 32.2. The van der Waals surface area contributed by atoms with Gasteiger partial charge in [0.1, 0.15) is 5.01 Å². The minimum Gasteiger partial charge on any atom is -0.451 e. The Morgan fingerprint density at radius 2 is 1.67 bits per heavy atom. The molecule has 0 aliphatic rings. The van der Waals surface area contributed by atoms with Crippen molar-refractivity contribution in [2.24, 2.45) is 0 Å². The molecule has 0 aliphatic heterocycles. The zero-order valence-electron chi connectivity index (χ0n) is 18.6. The summed E-state index contributed by atoms with van der Waals surface area (Å²) < 4.78 is 31.5. The number of esters is 1. The predicted molar refractivity (Wildman–Crippen MR) is 128 cm³/mol. The second-order valence-electron chi connectivity index (χ2n) is 7.14. The van der Waals surface area contributed by atoms with Crippen molar-refractivity contribution >= 4 is 38.9 Å². The normalized spacial score (nSPS) is 11.4. The number of nitrogens with one attached hydrogen (secondary N) is 1. The van der Waals surface area contributed by atoms with Gasteiger partial charge in [-0.1, -0.05) is 43.7 Å². The van der Waals surface area contributed by atoms with Crippen molar-refractivity contribution in [1.82, 2.24) is 9.29 Å². The SMILES string of the molecule is CCN(CC)S(=O)(=O)c1ccc(NC(=O)COC(=O)c2csc(-c3ccc(C)cc3)n2)cc1. The van der Waals surface area contributed by atoms with Crippen molar-refractivity contribution in [3.05, 3.63) is 65.2 Å². The third-order valence-corrected chi connectivity index (χ3v) is 7.78. The molecule has 3 aromatic rings. The standard InChI is InChI=1S/C23H25N3O5S2/c1-4-26(5-2)33(29,30)19-12-10-18(11-13-19)24-21(27)14-31-23(28)20-15-32-22(25-20)17-8-6-16(3)7-9-17/h6-13,15H,4-5,14H2,1-3H3,(H,24,27). The number of aromatic nitrogens is 1. The van der Waals surface area contributed by atoms with Crippen LogP contribution in [0.15, 0.2) is 58.8 Å². The summed E-state index contributed by atoms with van der Waals surface area (Å²) >= 11 is 1.32. The predicted octanol–water partition coefficient (Wildman–Crippen LogP) is 3.94. The summed E-state index contributed by atoms with van der Waals surface area (Å²) in [6.07, 6.45) is 0. The number of ether oxygens (including phenoxy) is 1. The number of hydrogen-bond acceptors (Lipinski definition) is 7. The van der Waals surface area contributed by atoms with Crippen LogP contribution in [0, 0.1) is 6.92 Å². The van der Waals surface area contributed by atoms with E-state index in [-0.39, 0.29) is 10.6 Å². The van der Waals surface area contributed by atoms with Crippen LogP contribution in [0.25, 0.3) is 10.6 Å². The van der Waals surface area contributed by atoms with Crippen LogP contribution in [0.3, 0.4) is 0 Å². The lowest BCUT2D eigenvalue weighted by atomic mass is 10.2. The molecule has 33 heavy (non-hydrogen) atoms. The van der Waals surface area contributed by atoms with Crippen LogP contribution in [-0.2, 0) is 19.6 Å². The molecule has 10 heteroatoms. The molecular formula is C23H25N3O5S2. The van der Waals surface area contributed by atoms with E-state index in [1.54, 1.807) is 19.2 Å². The van der Waals surface area contributed by atoms with Crippen molar-refractivity contribution in [3.63, 3.8) is 0 Å². The number of sulfonamides is 1. The maximum absolute atomic E-state index is 12.5. The molecule has 0 unspecified atom stereocenters. The fourth-order valence-electron chi connectivity index (χ4n) is 3.02. The highest BCUT2D eigenvalue weighted by Crippen LogP contribution is 2.24. The Kier molecular flexibility index (Phi) is 7.96. The highest BCUT2D eigenvalue weighted by molar-refractivity contribution is 7.89. The second-order valence-corrected chi connectivity index (χ2v) is 9.94. The zero-order valence-corrected chi connectivity index (χ0v) is 20.2. The van der Waals surface area contributed by atoms with Crippen molar-refractivity contribution < 1.29 is 22.7 Å². The number of aryl methyl sites for hydroxylation is 1. The number of hydrogen-bond donors (Lipinski definition) is 1. The van der Waals surface area contributed by atoms with Gasteiger partial charge in [-0.2, -0.15) is 4.31 Å². The first-order chi connectivity index (χ1) is 15.7. The summed E-state index contributed by atoms with van der Waals surface area (Å²) in [5.74, 6) is -1.24. The van der Waals surface area contributed by atoms with Gasteiger partial charge in [0.05, 0.1) is 4.90 Å². The maximum atomic E-state index is 12.5. The van der Waals surface area contributed by atoms with Gasteiger partial charge in [0.25, 0.3) is 5.91 Å². The lowest BCUT2D eigenvalue weighted by molar-refractivity contribution is -0.119. The van der Waals surface area contributed by atoms with Crippen LogP contribution >= 0.6 is 11.3 Å². The molecule has 174 valence electrons. The first kappa shape index (κ1) is 24.6. The summed E-state index contributed by atoms with van der Waals surface area (Å²) in [7, 11) is -3.57. The Morgan fingerprint density at radius 1 is 1.03 bits per heavy atom. The molecule has 0 saturated carbocycles. The molecule has 0 fully saturated rings. The molecular weight excluding hydrogens is 462 g/mol. The monoisotopic (exact) mass is 487 g/mol. The van der Waals surface area contributed by atoms with E-state index in [0.717, 1.165) is 11.1 Å². The van der Waals surface area contributed by atoms with E-state index in [0.29, 0.717) is 23.8 Å². The van der Waals surface area contributed by atoms with Gasteiger partial charge in [0, 0.05) is 29.7 Å². The van der Waals surface area contributed by atoms with Gasteiger partial charge in [-0.15, -0.1) is 11.3 Å². The Balaban J connectivity index is 1.55. The second kappa shape index (κ2) is 10.7. The number of amides is 1. The third kappa shape index (κ3) is 6.04. The van der Waals surface area contributed by atoms with E-state index in [4.69, 9.17) is 4.74 Å². The van der Waals surface area contributed by atoms with Crippen molar-refractivity contribution in [3.8, 4) is 10.6 Å². The van der Waals surface area contributed by atoms with Crippen LogP contribution in [0.1, 0.15) is 29.9 Å². The van der Waals surface area contributed by atoms with Crippen molar-refractivity contribution in [1.29, 1.82) is 0 Å². The van der Waals surface area contributed by atoms with Crippen LogP contribution in [0.4, 0.5) is 5.69 Å². The van der Waals surface area contributed by atoms with Crippen molar-refractivity contribution in [2.75, 3.05) is 25.0 Å². The first-order valence-corrected chi connectivity index (χ1v) is 12.7. The van der Waals surface area contributed by atoms with Crippen LogP contribution in [0.2, 0.25) is 0 Å². The van der Waals surface area contributed by atoms with Gasteiger partial charge in [-0.3, -0.25) is 4.79 Å². The van der Waals surface area contributed by atoms with Crippen LogP contribution in [0.5, 0.6) is 0 Å². The average molecular weight is 488 g/mol. The molecule has 2 aromatic carbocycles. The number of benzene rings is 2. The van der Waals surface area contributed by atoms with Gasteiger partial charge >= 0.3 is 5.97 Å². The number of carbonyl (C=O) groups is 2. The molecule has 0 saturated heterocycles. The summed E-state index contributed by atoms with van der Waals surface area (Å²) in [5.41, 5.74) is 2.55. The molecule has 3 rings (SSSR count). The Bertz CT molecular complexity index is 1220. The average Bonchev–Trinajstić information content (AvgIpc) is 3.29. The maximum Gasteiger partial charge on any atom is 0.358 e. The third-order valence-electron chi connectivity index (χ3n) is 4.83. The number of nitrogens with zero attached hydrogens (tertiary/aromatic N) is 2. The molecule has 1 amide bonds. The van der Waals surface area contributed by atoms with E-state index < -0.39 is 28.5 Å². The lowest BCUT2D eigenvalue weighted by Gasteiger charge is -2.18. The largest absolute Gasteiger partial charge is 0.451 e. The number of thiazole rings is 1. The highest BCUT2D eigenvalue weighted by Gasteiger charge is 2.21. The Labute approximate surface area is 197 Å². The van der Waals surface area contributed by atoms with E-state index >= 15 is 0 Å². The van der Waals surface area contributed by atoms with E-state index in [1.165, 1.54) is 39.9 Å². The van der Waals surface area contributed by atoms with E-state index in [9.17, 15) is 18.0 Å². The molecule has 0 radical (unpaired) electrons. The molecule has 1 aromatic heterocycles. The Morgan fingerprint density at radius 3 is 2.27 bits per heavy atom. The van der Waals surface area contributed by atoms with Gasteiger partial charge in [0.2, 0.25) is 10.0 Å². The summed E-state index contributed by atoms with van der Waals surface area (Å²) in [5, 5.41) is 4.85. The minimum absolute atomic E-state index is 0.134. The van der Waals surface area contributed by atoms with Gasteiger partial charge in [-0.05, 0) is 31.2 Å². The molecule has 1 heterocycles. The number of rotatable bonds is 9. The molecule has 8 nitrogen and oxygen atoms in total. The van der Waals surface area contributed by atoms with Crippen molar-refractivity contribution in [2.45, 2.75) is 25.7 Å². The van der Waals surface area contributed by atoms with Crippen LogP contribution < -0.4 is 5.32 Å². The summed E-state index contributed by atoms with van der Waals surface area (Å²) in [4.78, 5) is 28.8. The first-order valence-electron chi connectivity index (χ1n) is 10.3. The van der Waals surface area contributed by atoms with Gasteiger partial charge in [-0.25, -0.2) is 18.2 Å². The topological polar surface area (TPSA) is 106 Å². The van der Waals surface area contributed by atoms with E-state index in [2.05, 4.69) is 10.3 Å².